The fraction of sp³-hybridized carbons (Fsp3) is 0.389. The molecule has 0 saturated heterocycles. The average Bonchev–Trinajstić information content (AvgIpc) is 2.45. The predicted molar refractivity (Wildman–Crippen MR) is 87.5 cm³/mol. The zero-order chi connectivity index (χ0) is 17.2. The molecule has 0 aliphatic heterocycles. The van der Waals surface area contributed by atoms with Crippen molar-refractivity contribution in [1.82, 2.24) is 4.98 Å². The van der Waals surface area contributed by atoms with Gasteiger partial charge >= 0.3 is 6.18 Å². The molecule has 1 nitrogen and oxygen atoms in total. The lowest BCUT2D eigenvalue weighted by Gasteiger charge is -2.15. The second-order valence-electron chi connectivity index (χ2n) is 6.04. The van der Waals surface area contributed by atoms with E-state index < -0.39 is 11.7 Å². The van der Waals surface area contributed by atoms with E-state index in [9.17, 15) is 13.2 Å². The molecular weight excluding hydrogens is 323 g/mol. The van der Waals surface area contributed by atoms with E-state index in [-0.39, 0.29) is 5.38 Å². The number of aromatic nitrogens is 1. The van der Waals surface area contributed by atoms with Crippen molar-refractivity contribution >= 4 is 11.6 Å². The molecule has 0 bridgehead atoms. The van der Waals surface area contributed by atoms with Crippen molar-refractivity contribution in [3.63, 3.8) is 0 Å². The van der Waals surface area contributed by atoms with Gasteiger partial charge in [-0.3, -0.25) is 4.98 Å². The average molecular weight is 342 g/mol. The van der Waals surface area contributed by atoms with Gasteiger partial charge in [0.25, 0.3) is 0 Å². The van der Waals surface area contributed by atoms with Crippen LogP contribution in [0.15, 0.2) is 36.4 Å². The van der Waals surface area contributed by atoms with Crippen molar-refractivity contribution in [1.29, 1.82) is 0 Å². The Bertz CT molecular complexity index is 663. The van der Waals surface area contributed by atoms with Gasteiger partial charge in [-0.15, -0.1) is 11.6 Å². The minimum Gasteiger partial charge on any atom is -0.253 e. The Kier molecular flexibility index (Phi) is 5.35. The van der Waals surface area contributed by atoms with Crippen LogP contribution in [0.25, 0.3) is 11.3 Å². The standard InChI is InChI=1S/C18H19ClF3N/c1-11(2)10-16(19)15-8-9-17(23-12(15)3)13-4-6-14(7-5-13)18(20,21)22/h4-9,11,16H,10H2,1-3H3. The van der Waals surface area contributed by atoms with Crippen molar-refractivity contribution in [3.05, 3.63) is 53.2 Å². The van der Waals surface area contributed by atoms with Gasteiger partial charge in [-0.1, -0.05) is 32.0 Å². The van der Waals surface area contributed by atoms with E-state index in [4.69, 9.17) is 11.6 Å². The van der Waals surface area contributed by atoms with Crippen LogP contribution in [0.2, 0.25) is 0 Å². The van der Waals surface area contributed by atoms with Crippen LogP contribution in [0.4, 0.5) is 13.2 Å². The van der Waals surface area contributed by atoms with Gasteiger partial charge in [0, 0.05) is 11.3 Å². The first kappa shape index (κ1) is 17.8. The summed E-state index contributed by atoms with van der Waals surface area (Å²) in [7, 11) is 0. The molecule has 0 N–H and O–H groups in total. The lowest BCUT2D eigenvalue weighted by Crippen LogP contribution is -2.04. The van der Waals surface area contributed by atoms with Gasteiger partial charge in [0.05, 0.1) is 16.6 Å². The maximum Gasteiger partial charge on any atom is 0.416 e. The van der Waals surface area contributed by atoms with Gasteiger partial charge in [-0.25, -0.2) is 0 Å². The van der Waals surface area contributed by atoms with E-state index in [0.717, 1.165) is 29.8 Å². The third kappa shape index (κ3) is 4.47. The minimum absolute atomic E-state index is 0.107. The molecule has 0 radical (unpaired) electrons. The third-order valence-electron chi connectivity index (χ3n) is 3.65. The van der Waals surface area contributed by atoms with Crippen LogP contribution in [-0.4, -0.2) is 4.98 Å². The molecule has 124 valence electrons. The number of rotatable bonds is 4. The fourth-order valence-electron chi connectivity index (χ4n) is 2.43. The predicted octanol–water partition coefficient (Wildman–Crippen LogP) is 6.40. The Morgan fingerprint density at radius 3 is 2.13 bits per heavy atom. The van der Waals surface area contributed by atoms with Crippen molar-refractivity contribution in [3.8, 4) is 11.3 Å². The van der Waals surface area contributed by atoms with Gasteiger partial charge < -0.3 is 0 Å². The molecule has 0 saturated carbocycles. The summed E-state index contributed by atoms with van der Waals surface area (Å²) < 4.78 is 37.8. The number of hydrogen-bond donors (Lipinski definition) is 0. The summed E-state index contributed by atoms with van der Waals surface area (Å²) in [6.45, 7) is 6.09. The van der Waals surface area contributed by atoms with E-state index in [1.54, 1.807) is 6.07 Å². The highest BCUT2D eigenvalue weighted by atomic mass is 35.5. The monoisotopic (exact) mass is 341 g/mol. The quantitative estimate of drug-likeness (QED) is 0.586. The number of pyridine rings is 1. The first-order valence-corrected chi connectivity index (χ1v) is 7.91. The van der Waals surface area contributed by atoms with Crippen molar-refractivity contribution in [2.24, 2.45) is 5.92 Å². The van der Waals surface area contributed by atoms with E-state index >= 15 is 0 Å². The van der Waals surface area contributed by atoms with Gasteiger partial charge in [0.1, 0.15) is 0 Å². The molecule has 2 aromatic rings. The molecule has 0 fully saturated rings. The van der Waals surface area contributed by atoms with Crippen LogP contribution in [0.5, 0.6) is 0 Å². The van der Waals surface area contributed by atoms with Gasteiger partial charge in [-0.2, -0.15) is 13.2 Å². The Balaban J connectivity index is 2.26. The second kappa shape index (κ2) is 6.91. The lowest BCUT2D eigenvalue weighted by atomic mass is 10.00. The van der Waals surface area contributed by atoms with E-state index in [0.29, 0.717) is 17.2 Å². The van der Waals surface area contributed by atoms with Crippen LogP contribution in [0, 0.1) is 12.8 Å². The van der Waals surface area contributed by atoms with Gasteiger partial charge in [0.2, 0.25) is 0 Å². The summed E-state index contributed by atoms with van der Waals surface area (Å²) in [4.78, 5) is 4.50. The van der Waals surface area contributed by atoms with Crippen LogP contribution in [0.3, 0.4) is 0 Å². The molecule has 1 aromatic heterocycles. The molecule has 0 aliphatic rings. The zero-order valence-electron chi connectivity index (χ0n) is 13.3. The molecule has 0 amide bonds. The fourth-order valence-corrected chi connectivity index (χ4v) is 3.02. The van der Waals surface area contributed by atoms with Crippen LogP contribution in [0.1, 0.15) is 42.5 Å². The zero-order valence-corrected chi connectivity index (χ0v) is 14.0. The van der Waals surface area contributed by atoms with Crippen LogP contribution in [-0.2, 0) is 6.18 Å². The lowest BCUT2D eigenvalue weighted by molar-refractivity contribution is -0.137. The Hall–Kier alpha value is -1.55. The first-order chi connectivity index (χ1) is 10.7. The number of aryl methyl sites for hydroxylation is 1. The maximum atomic E-state index is 12.6. The summed E-state index contributed by atoms with van der Waals surface area (Å²) in [5.74, 6) is 0.478. The molecule has 2 rings (SSSR count). The van der Waals surface area contributed by atoms with Crippen molar-refractivity contribution in [2.75, 3.05) is 0 Å². The van der Waals surface area contributed by atoms with Gasteiger partial charge in [0.15, 0.2) is 0 Å². The van der Waals surface area contributed by atoms with Crippen molar-refractivity contribution in [2.45, 2.75) is 38.7 Å². The van der Waals surface area contributed by atoms with Crippen molar-refractivity contribution < 1.29 is 13.2 Å². The number of halogens is 4. The molecular formula is C18H19ClF3N. The number of alkyl halides is 4. The minimum atomic E-state index is -4.32. The SMILES string of the molecule is Cc1nc(-c2ccc(C(F)(F)F)cc2)ccc1C(Cl)CC(C)C. The summed E-state index contributed by atoms with van der Waals surface area (Å²) in [5.41, 5.74) is 2.42. The number of benzene rings is 1. The Morgan fingerprint density at radius 2 is 1.65 bits per heavy atom. The van der Waals surface area contributed by atoms with Crippen LogP contribution < -0.4 is 0 Å². The smallest absolute Gasteiger partial charge is 0.253 e. The molecule has 0 aliphatic carbocycles. The third-order valence-corrected chi connectivity index (χ3v) is 4.06. The van der Waals surface area contributed by atoms with Gasteiger partial charge in [-0.05, 0) is 43.0 Å². The number of hydrogen-bond acceptors (Lipinski definition) is 1. The number of nitrogens with zero attached hydrogens (tertiary/aromatic N) is 1. The van der Waals surface area contributed by atoms with E-state index in [1.807, 2.05) is 13.0 Å². The second-order valence-corrected chi connectivity index (χ2v) is 6.57. The summed E-state index contributed by atoms with van der Waals surface area (Å²) in [6, 6.07) is 8.75. The highest BCUT2D eigenvalue weighted by Gasteiger charge is 2.30. The Morgan fingerprint density at radius 1 is 1.04 bits per heavy atom. The maximum absolute atomic E-state index is 12.6. The molecule has 0 spiro atoms. The Labute approximate surface area is 139 Å². The molecule has 1 atom stereocenters. The molecule has 1 aromatic carbocycles. The summed E-state index contributed by atoms with van der Waals surface area (Å²) in [5, 5.41) is -0.107. The van der Waals surface area contributed by atoms with E-state index in [1.165, 1.54) is 12.1 Å². The molecule has 23 heavy (non-hydrogen) atoms. The van der Waals surface area contributed by atoms with E-state index in [2.05, 4.69) is 18.8 Å². The first-order valence-electron chi connectivity index (χ1n) is 7.47. The molecule has 5 heteroatoms. The topological polar surface area (TPSA) is 12.9 Å². The largest absolute Gasteiger partial charge is 0.416 e. The van der Waals surface area contributed by atoms with Crippen LogP contribution >= 0.6 is 11.6 Å². The summed E-state index contributed by atoms with van der Waals surface area (Å²) in [6.07, 6.45) is -3.47. The molecule has 1 unspecified atom stereocenters. The molecule has 1 heterocycles. The highest BCUT2D eigenvalue weighted by Crippen LogP contribution is 2.33. The highest BCUT2D eigenvalue weighted by molar-refractivity contribution is 6.20. The summed E-state index contributed by atoms with van der Waals surface area (Å²) >= 11 is 6.41. The normalized spacial score (nSPS) is 13.4.